The van der Waals surface area contributed by atoms with Crippen LogP contribution in [0, 0.1) is 17.5 Å². The van der Waals surface area contributed by atoms with E-state index in [0.29, 0.717) is 0 Å². The standard InChI is InChI=1S/C17H9F3N2O3/c18-10-5-8(6-11(19)15(10)20)9-7-13(23)25-16-14(9)17(24)22-4-2-1-3-12(22)21-16/h1-6,9H,7H2/t9-/m0/s1. The summed E-state index contributed by atoms with van der Waals surface area (Å²) in [6, 6.07) is 6.36. The molecule has 0 amide bonds. The average Bonchev–Trinajstić information content (AvgIpc) is 2.58. The first-order chi connectivity index (χ1) is 12.0. The molecule has 0 saturated heterocycles. The van der Waals surface area contributed by atoms with Gasteiger partial charge in [0.25, 0.3) is 5.56 Å². The van der Waals surface area contributed by atoms with E-state index in [1.54, 1.807) is 18.2 Å². The highest BCUT2D eigenvalue weighted by molar-refractivity contribution is 5.77. The van der Waals surface area contributed by atoms with Crippen LogP contribution < -0.4 is 10.3 Å². The van der Waals surface area contributed by atoms with E-state index in [2.05, 4.69) is 4.98 Å². The maximum Gasteiger partial charge on any atom is 0.313 e. The Morgan fingerprint density at radius 1 is 1.12 bits per heavy atom. The number of rotatable bonds is 1. The van der Waals surface area contributed by atoms with Crippen LogP contribution in [0.4, 0.5) is 13.2 Å². The van der Waals surface area contributed by atoms with Gasteiger partial charge in [-0.05, 0) is 29.8 Å². The van der Waals surface area contributed by atoms with Crippen molar-refractivity contribution in [3.8, 4) is 5.88 Å². The topological polar surface area (TPSA) is 60.7 Å². The first-order valence-electron chi connectivity index (χ1n) is 7.32. The van der Waals surface area contributed by atoms with E-state index in [1.165, 1.54) is 10.6 Å². The maximum absolute atomic E-state index is 13.6. The first kappa shape index (κ1) is 15.4. The SMILES string of the molecule is O=C1C[C@@H](c2cc(F)c(F)c(F)c2)c2c(nc3ccccn3c2=O)O1. The molecule has 1 atom stereocenters. The van der Waals surface area contributed by atoms with Gasteiger partial charge >= 0.3 is 5.97 Å². The van der Waals surface area contributed by atoms with Gasteiger partial charge < -0.3 is 4.74 Å². The highest BCUT2D eigenvalue weighted by atomic mass is 19.2. The van der Waals surface area contributed by atoms with Gasteiger partial charge in [-0.2, -0.15) is 4.98 Å². The Hall–Kier alpha value is -3.16. The minimum absolute atomic E-state index is 0.00583. The summed E-state index contributed by atoms with van der Waals surface area (Å²) >= 11 is 0. The van der Waals surface area contributed by atoms with E-state index in [4.69, 9.17) is 4.74 Å². The Labute approximate surface area is 138 Å². The van der Waals surface area contributed by atoms with Gasteiger partial charge in [0.05, 0.1) is 12.0 Å². The highest BCUT2D eigenvalue weighted by Crippen LogP contribution is 2.36. The lowest BCUT2D eigenvalue weighted by atomic mass is 9.88. The van der Waals surface area contributed by atoms with Gasteiger partial charge in [0.2, 0.25) is 5.88 Å². The van der Waals surface area contributed by atoms with E-state index in [9.17, 15) is 22.8 Å². The monoisotopic (exact) mass is 346 g/mol. The highest BCUT2D eigenvalue weighted by Gasteiger charge is 2.34. The lowest BCUT2D eigenvalue weighted by Gasteiger charge is -2.23. The van der Waals surface area contributed by atoms with Crippen LogP contribution in [-0.2, 0) is 4.79 Å². The second-order valence-electron chi connectivity index (χ2n) is 5.59. The summed E-state index contributed by atoms with van der Waals surface area (Å²) in [5.41, 5.74) is -0.308. The number of nitrogens with zero attached hydrogens (tertiary/aromatic N) is 2. The largest absolute Gasteiger partial charge is 0.407 e. The van der Waals surface area contributed by atoms with Crippen LogP contribution in [0.3, 0.4) is 0 Å². The number of fused-ring (bicyclic) bond motifs is 2. The fraction of sp³-hybridized carbons (Fsp3) is 0.118. The smallest absolute Gasteiger partial charge is 0.313 e. The number of carbonyl (C=O) groups is 1. The van der Waals surface area contributed by atoms with E-state index in [1.807, 2.05) is 0 Å². The summed E-state index contributed by atoms with van der Waals surface area (Å²) < 4.78 is 46.7. The van der Waals surface area contributed by atoms with E-state index in [0.717, 1.165) is 12.1 Å². The molecule has 0 bridgehead atoms. The number of pyridine rings is 1. The minimum atomic E-state index is -1.62. The van der Waals surface area contributed by atoms with Gasteiger partial charge in [-0.1, -0.05) is 6.07 Å². The number of aromatic nitrogens is 2. The lowest BCUT2D eigenvalue weighted by Crippen LogP contribution is -2.31. The third-order valence-corrected chi connectivity index (χ3v) is 4.07. The van der Waals surface area contributed by atoms with Crippen molar-refractivity contribution in [2.45, 2.75) is 12.3 Å². The number of esters is 1. The van der Waals surface area contributed by atoms with Crippen LogP contribution in [-0.4, -0.2) is 15.4 Å². The fourth-order valence-corrected chi connectivity index (χ4v) is 2.94. The van der Waals surface area contributed by atoms with Crippen molar-refractivity contribution in [2.24, 2.45) is 0 Å². The summed E-state index contributed by atoms with van der Waals surface area (Å²) in [7, 11) is 0. The number of carbonyl (C=O) groups excluding carboxylic acids is 1. The molecule has 25 heavy (non-hydrogen) atoms. The summed E-state index contributed by atoms with van der Waals surface area (Å²) in [5, 5.41) is 0. The molecule has 126 valence electrons. The zero-order valence-electron chi connectivity index (χ0n) is 12.5. The molecular weight excluding hydrogens is 337 g/mol. The summed E-state index contributed by atoms with van der Waals surface area (Å²) in [6.45, 7) is 0. The maximum atomic E-state index is 13.6. The molecule has 0 unspecified atom stereocenters. The van der Waals surface area contributed by atoms with E-state index in [-0.39, 0.29) is 29.1 Å². The molecule has 4 rings (SSSR count). The Bertz CT molecular complexity index is 1070. The zero-order valence-corrected chi connectivity index (χ0v) is 12.5. The normalized spacial score (nSPS) is 16.6. The molecule has 3 aromatic rings. The quantitative estimate of drug-likeness (QED) is 0.502. The Morgan fingerprint density at radius 3 is 2.56 bits per heavy atom. The van der Waals surface area contributed by atoms with Crippen LogP contribution in [0.15, 0.2) is 41.3 Å². The van der Waals surface area contributed by atoms with Crippen LogP contribution in [0.2, 0.25) is 0 Å². The van der Waals surface area contributed by atoms with Gasteiger partial charge in [-0.3, -0.25) is 14.0 Å². The van der Waals surface area contributed by atoms with Crippen molar-refractivity contribution in [1.29, 1.82) is 0 Å². The van der Waals surface area contributed by atoms with Crippen molar-refractivity contribution in [3.05, 3.63) is 75.5 Å². The van der Waals surface area contributed by atoms with Gasteiger partial charge in [-0.15, -0.1) is 0 Å². The van der Waals surface area contributed by atoms with Crippen LogP contribution in [0.1, 0.15) is 23.5 Å². The van der Waals surface area contributed by atoms with Crippen molar-refractivity contribution in [1.82, 2.24) is 9.38 Å². The summed E-state index contributed by atoms with van der Waals surface area (Å²) in [6.07, 6.45) is 1.16. The van der Waals surface area contributed by atoms with Crippen LogP contribution in [0.5, 0.6) is 5.88 Å². The summed E-state index contributed by atoms with van der Waals surface area (Å²) in [4.78, 5) is 28.8. The molecule has 0 aliphatic carbocycles. The average molecular weight is 346 g/mol. The molecule has 1 aromatic carbocycles. The zero-order chi connectivity index (χ0) is 17.7. The first-order valence-corrected chi connectivity index (χ1v) is 7.32. The van der Waals surface area contributed by atoms with Crippen LogP contribution in [0.25, 0.3) is 5.65 Å². The van der Waals surface area contributed by atoms with Gasteiger partial charge in [0.15, 0.2) is 17.5 Å². The lowest BCUT2D eigenvalue weighted by molar-refractivity contribution is -0.135. The third kappa shape index (κ3) is 2.37. The van der Waals surface area contributed by atoms with Gasteiger partial charge in [0.1, 0.15) is 5.65 Å². The van der Waals surface area contributed by atoms with E-state index < -0.39 is 34.9 Å². The van der Waals surface area contributed by atoms with Gasteiger partial charge in [-0.25, -0.2) is 13.2 Å². The molecule has 0 spiro atoms. The Morgan fingerprint density at radius 2 is 1.84 bits per heavy atom. The predicted molar refractivity (Wildman–Crippen MR) is 79.9 cm³/mol. The number of halogens is 3. The second kappa shape index (κ2) is 5.44. The number of ether oxygens (including phenoxy) is 1. The second-order valence-corrected chi connectivity index (χ2v) is 5.59. The fourth-order valence-electron chi connectivity index (χ4n) is 2.94. The molecule has 8 heteroatoms. The molecule has 2 aromatic heterocycles. The summed E-state index contributed by atoms with van der Waals surface area (Å²) in [5.74, 6) is -6.31. The third-order valence-electron chi connectivity index (χ3n) is 4.07. The molecule has 0 saturated carbocycles. The van der Waals surface area contributed by atoms with Crippen LogP contribution >= 0.6 is 0 Å². The Balaban J connectivity index is 2.00. The molecular formula is C17H9F3N2O3. The molecule has 0 radical (unpaired) electrons. The minimum Gasteiger partial charge on any atom is -0.407 e. The van der Waals surface area contributed by atoms with Crippen molar-refractivity contribution in [2.75, 3.05) is 0 Å². The number of hydrogen-bond donors (Lipinski definition) is 0. The molecule has 1 aliphatic rings. The molecule has 0 fully saturated rings. The molecule has 3 heterocycles. The van der Waals surface area contributed by atoms with Crippen molar-refractivity contribution < 1.29 is 22.7 Å². The number of benzene rings is 1. The molecule has 1 aliphatic heterocycles. The van der Waals surface area contributed by atoms with Gasteiger partial charge in [0, 0.05) is 12.1 Å². The Kier molecular flexibility index (Phi) is 3.34. The molecule has 0 N–H and O–H groups in total. The van der Waals surface area contributed by atoms with Crippen molar-refractivity contribution in [3.63, 3.8) is 0 Å². The van der Waals surface area contributed by atoms with Crippen molar-refractivity contribution >= 4 is 11.6 Å². The predicted octanol–water partition coefficient (Wildman–Crippen LogP) is 2.55. The number of hydrogen-bond acceptors (Lipinski definition) is 4. The van der Waals surface area contributed by atoms with E-state index >= 15 is 0 Å². The molecule has 5 nitrogen and oxygen atoms in total.